The first kappa shape index (κ1) is 20.1. The summed E-state index contributed by atoms with van der Waals surface area (Å²) in [5.41, 5.74) is 0. The quantitative estimate of drug-likeness (QED) is 0.257. The summed E-state index contributed by atoms with van der Waals surface area (Å²) < 4.78 is -2.55. The fourth-order valence-electron chi connectivity index (χ4n) is 4.95. The molecule has 0 radical (unpaired) electrons. The van der Waals surface area contributed by atoms with Crippen molar-refractivity contribution in [1.29, 1.82) is 0 Å². The van der Waals surface area contributed by atoms with Crippen molar-refractivity contribution < 1.29 is 0 Å². The molecule has 3 aromatic carbocycles. The van der Waals surface area contributed by atoms with Crippen LogP contribution in [-0.2, 0) is 0 Å². The maximum absolute atomic E-state index is 2.93. The maximum atomic E-state index is 2.93. The van der Waals surface area contributed by atoms with Crippen LogP contribution in [0, 0.1) is 5.92 Å². The minimum atomic E-state index is -2.55. The topological polar surface area (TPSA) is 0 Å². The Hall–Kier alpha value is -1.18. The van der Waals surface area contributed by atoms with Crippen LogP contribution in [-0.4, -0.2) is 6.16 Å². The van der Waals surface area contributed by atoms with E-state index in [0.717, 1.165) is 5.92 Å². The van der Waals surface area contributed by atoms with E-state index >= 15 is 0 Å². The van der Waals surface area contributed by atoms with Crippen molar-refractivity contribution in [3.8, 4) is 0 Å². The van der Waals surface area contributed by atoms with Gasteiger partial charge in [-0.2, -0.15) is 0 Å². The summed E-state index contributed by atoms with van der Waals surface area (Å²) in [6.07, 6.45) is 9.70. The summed E-state index contributed by atoms with van der Waals surface area (Å²) in [6, 6.07) is 34.1. The van der Waals surface area contributed by atoms with Crippen molar-refractivity contribution in [1.82, 2.24) is 0 Å². The molecular weight excluding hydrogens is 470 g/mol. The second kappa shape index (κ2) is 8.67. The van der Waals surface area contributed by atoms with E-state index in [1.807, 2.05) is 0 Å². The summed E-state index contributed by atoms with van der Waals surface area (Å²) in [5.74, 6) is 0.890. The van der Waals surface area contributed by atoms with E-state index in [0.29, 0.717) is 0 Å². The molecule has 2 heteroatoms. The molecule has 0 saturated heterocycles. The number of halogens is 1. The van der Waals surface area contributed by atoms with Gasteiger partial charge in [0.1, 0.15) is 0 Å². The Balaban J connectivity index is 1.89. The molecule has 1 aliphatic carbocycles. The zero-order valence-electron chi connectivity index (χ0n) is 16.5. The number of hydrogen-bond acceptors (Lipinski definition) is 0. The molecule has 0 aliphatic heterocycles. The third-order valence-electron chi connectivity index (χ3n) is 6.57. The van der Waals surface area contributed by atoms with E-state index in [4.69, 9.17) is 0 Å². The Kier molecular flexibility index (Phi) is 6.23. The first-order chi connectivity index (χ1) is 13.7. The van der Waals surface area contributed by atoms with Gasteiger partial charge in [0.15, 0.2) is 0 Å². The van der Waals surface area contributed by atoms with Crippen LogP contribution in [0.25, 0.3) is 0 Å². The molecule has 0 unspecified atom stereocenters. The molecule has 28 heavy (non-hydrogen) atoms. The van der Waals surface area contributed by atoms with Crippen molar-refractivity contribution in [2.45, 2.75) is 38.5 Å². The first-order valence-electron chi connectivity index (χ1n) is 10.6. The van der Waals surface area contributed by atoms with Crippen molar-refractivity contribution in [2.24, 2.45) is 5.92 Å². The molecule has 0 spiro atoms. The van der Waals surface area contributed by atoms with Gasteiger partial charge in [0, 0.05) is 0 Å². The van der Waals surface area contributed by atoms with Crippen molar-refractivity contribution >= 4 is 42.2 Å². The molecule has 4 rings (SSSR count). The number of hydrogen-bond donors (Lipinski definition) is 0. The van der Waals surface area contributed by atoms with Gasteiger partial charge in [-0.15, -0.1) is 0 Å². The first-order valence-corrected chi connectivity index (χ1v) is 15.8. The third-order valence-corrected chi connectivity index (χ3v) is 18.2. The van der Waals surface area contributed by atoms with Crippen LogP contribution in [0.5, 0.6) is 0 Å². The Labute approximate surface area is 183 Å². The van der Waals surface area contributed by atoms with Gasteiger partial charge in [0.2, 0.25) is 0 Å². The van der Waals surface area contributed by atoms with Crippen LogP contribution in [0.15, 0.2) is 91.0 Å². The fraction of sp³-hybridized carbons (Fsp3) is 0.308. The molecule has 1 fully saturated rings. The van der Waals surface area contributed by atoms with Crippen LogP contribution >= 0.6 is 26.3 Å². The summed E-state index contributed by atoms with van der Waals surface area (Å²) >= 11 is 2.93. The SMILES string of the molecule is IP(CCC1CCCCC1)(c1ccccc1)(c1ccccc1)c1ccccc1. The Morgan fingerprint density at radius 3 is 1.39 bits per heavy atom. The average molecular weight is 500 g/mol. The zero-order valence-corrected chi connectivity index (χ0v) is 19.6. The molecular formula is C26H30IP. The monoisotopic (exact) mass is 500 g/mol. The molecule has 1 saturated carbocycles. The zero-order chi connectivity index (χ0) is 19.3. The molecule has 0 bridgehead atoms. The van der Waals surface area contributed by atoms with Crippen LogP contribution in [0.3, 0.4) is 0 Å². The van der Waals surface area contributed by atoms with Gasteiger partial charge in [0.25, 0.3) is 0 Å². The Morgan fingerprint density at radius 1 is 0.607 bits per heavy atom. The van der Waals surface area contributed by atoms with E-state index < -0.39 is 4.25 Å². The molecule has 1 aliphatic rings. The predicted octanol–water partition coefficient (Wildman–Crippen LogP) is 6.84. The normalized spacial score (nSPS) is 17.0. The van der Waals surface area contributed by atoms with E-state index in [1.54, 1.807) is 0 Å². The molecule has 0 nitrogen and oxygen atoms in total. The van der Waals surface area contributed by atoms with Gasteiger partial charge in [-0.1, -0.05) is 0 Å². The van der Waals surface area contributed by atoms with Gasteiger partial charge in [-0.3, -0.25) is 0 Å². The van der Waals surface area contributed by atoms with Crippen molar-refractivity contribution in [3.63, 3.8) is 0 Å². The van der Waals surface area contributed by atoms with E-state index in [1.165, 1.54) is 60.6 Å². The Bertz CT molecular complexity index is 771. The molecule has 0 aromatic heterocycles. The van der Waals surface area contributed by atoms with Crippen LogP contribution in [0.2, 0.25) is 0 Å². The molecule has 0 amide bonds. The minimum absolute atomic E-state index is 0.890. The average Bonchev–Trinajstić information content (AvgIpc) is 2.80. The van der Waals surface area contributed by atoms with Gasteiger partial charge in [-0.25, -0.2) is 0 Å². The molecule has 0 atom stereocenters. The van der Waals surface area contributed by atoms with Crippen LogP contribution < -0.4 is 15.9 Å². The molecule has 3 aromatic rings. The number of benzene rings is 3. The van der Waals surface area contributed by atoms with Crippen LogP contribution in [0.4, 0.5) is 0 Å². The van der Waals surface area contributed by atoms with E-state index in [-0.39, 0.29) is 0 Å². The van der Waals surface area contributed by atoms with Gasteiger partial charge >= 0.3 is 184 Å². The summed E-state index contributed by atoms with van der Waals surface area (Å²) in [7, 11) is 0. The van der Waals surface area contributed by atoms with E-state index in [2.05, 4.69) is 113 Å². The summed E-state index contributed by atoms with van der Waals surface area (Å²) in [4.78, 5) is 0. The predicted molar refractivity (Wildman–Crippen MR) is 135 cm³/mol. The van der Waals surface area contributed by atoms with Gasteiger partial charge in [-0.05, 0) is 0 Å². The second-order valence-corrected chi connectivity index (χ2v) is 19.0. The standard InChI is InChI=1S/C26H30IP/c27-28(24-15-7-2-8-16-24,25-17-9-3-10-18-25,26-19-11-4-12-20-26)22-21-23-13-5-1-6-14-23/h2-4,7-12,15-20,23H,1,5-6,13-14,21-22H2. The fourth-order valence-corrected chi connectivity index (χ4v) is 13.6. The van der Waals surface area contributed by atoms with Crippen molar-refractivity contribution in [2.75, 3.05) is 6.16 Å². The summed E-state index contributed by atoms with van der Waals surface area (Å²) in [6.45, 7) is 0. The summed E-state index contributed by atoms with van der Waals surface area (Å²) in [5, 5.41) is 4.55. The van der Waals surface area contributed by atoms with Gasteiger partial charge in [0.05, 0.1) is 0 Å². The second-order valence-electron chi connectivity index (χ2n) is 8.21. The van der Waals surface area contributed by atoms with E-state index in [9.17, 15) is 0 Å². The molecule has 0 heterocycles. The third kappa shape index (κ3) is 3.68. The molecule has 146 valence electrons. The molecule has 0 N–H and O–H groups in total. The van der Waals surface area contributed by atoms with Crippen LogP contribution in [0.1, 0.15) is 38.5 Å². The Morgan fingerprint density at radius 2 is 1.00 bits per heavy atom. The van der Waals surface area contributed by atoms with Gasteiger partial charge < -0.3 is 0 Å². The van der Waals surface area contributed by atoms with Crippen molar-refractivity contribution in [3.05, 3.63) is 91.0 Å². The number of rotatable bonds is 6.